The lowest BCUT2D eigenvalue weighted by molar-refractivity contribution is 0.188. The van der Waals surface area contributed by atoms with Gasteiger partial charge in [-0.05, 0) is 26.3 Å². The van der Waals surface area contributed by atoms with Crippen LogP contribution in [0.5, 0.6) is 5.75 Å². The van der Waals surface area contributed by atoms with Crippen molar-refractivity contribution in [1.29, 1.82) is 0 Å². The number of aryl methyl sites for hydroxylation is 1. The van der Waals surface area contributed by atoms with Crippen LogP contribution in [-0.4, -0.2) is 21.9 Å². The first-order chi connectivity index (χ1) is 9.44. The molecule has 4 heteroatoms. The Morgan fingerprint density at radius 2 is 1.95 bits per heavy atom. The molecule has 0 saturated carbocycles. The van der Waals surface area contributed by atoms with Crippen LogP contribution in [0.4, 0.5) is 0 Å². The van der Waals surface area contributed by atoms with Crippen molar-refractivity contribution in [3.05, 3.63) is 48.3 Å². The smallest absolute Gasteiger partial charge is 0.158 e. The van der Waals surface area contributed by atoms with Crippen molar-refractivity contribution in [2.75, 3.05) is 6.54 Å². The number of nitrogens with zero attached hydrogens (tertiary/aromatic N) is 2. The van der Waals surface area contributed by atoms with Crippen molar-refractivity contribution in [1.82, 2.24) is 15.1 Å². The first-order valence-electron chi connectivity index (χ1n) is 6.89. The van der Waals surface area contributed by atoms with E-state index >= 15 is 0 Å². The van der Waals surface area contributed by atoms with E-state index in [0.29, 0.717) is 0 Å². The van der Waals surface area contributed by atoms with Crippen molar-refractivity contribution in [3.8, 4) is 5.75 Å². The minimum absolute atomic E-state index is 0.0281. The number of ether oxygens (including phenoxy) is 1. The molecule has 2 rings (SSSR count). The van der Waals surface area contributed by atoms with Gasteiger partial charge in [-0.25, -0.2) is 0 Å². The van der Waals surface area contributed by atoms with Crippen LogP contribution < -0.4 is 10.1 Å². The minimum Gasteiger partial charge on any atom is -0.481 e. The molecule has 0 aliphatic carbocycles. The predicted molar refractivity (Wildman–Crippen MR) is 80.8 cm³/mol. The maximum Gasteiger partial charge on any atom is 0.158 e. The van der Waals surface area contributed by atoms with Gasteiger partial charge in [0.25, 0.3) is 0 Å². The van der Waals surface area contributed by atoms with Gasteiger partial charge in [0.2, 0.25) is 0 Å². The fourth-order valence-electron chi connectivity index (χ4n) is 1.92. The molecule has 0 fully saturated rings. The van der Waals surface area contributed by atoms with Crippen molar-refractivity contribution in [2.24, 2.45) is 7.05 Å². The van der Waals surface area contributed by atoms with Crippen LogP contribution in [0.3, 0.4) is 0 Å². The zero-order chi connectivity index (χ0) is 14.6. The Morgan fingerprint density at radius 3 is 2.50 bits per heavy atom. The third-order valence-electron chi connectivity index (χ3n) is 2.95. The summed E-state index contributed by atoms with van der Waals surface area (Å²) in [6, 6.07) is 10.3. The summed E-state index contributed by atoms with van der Waals surface area (Å²) >= 11 is 0. The zero-order valence-electron chi connectivity index (χ0n) is 12.6. The topological polar surface area (TPSA) is 39.1 Å². The van der Waals surface area contributed by atoms with E-state index in [1.165, 1.54) is 0 Å². The third kappa shape index (κ3) is 4.38. The van der Waals surface area contributed by atoms with Crippen LogP contribution in [0.15, 0.2) is 42.7 Å². The molecule has 0 saturated heterocycles. The highest BCUT2D eigenvalue weighted by Gasteiger charge is 2.17. The first kappa shape index (κ1) is 14.6. The second kappa shape index (κ2) is 6.09. The van der Waals surface area contributed by atoms with E-state index in [2.05, 4.69) is 43.3 Å². The van der Waals surface area contributed by atoms with Crippen LogP contribution >= 0.6 is 0 Å². The van der Waals surface area contributed by atoms with Crippen molar-refractivity contribution < 1.29 is 4.74 Å². The lowest BCUT2D eigenvalue weighted by atomic mass is 10.1. The fraction of sp³-hybridized carbons (Fsp3) is 0.438. The standard InChI is InChI=1S/C16H23N3O/c1-16(2,3)17-11-15(13-8-6-5-7-9-13)20-14-10-18-19(4)12-14/h5-10,12,15,17H,11H2,1-4H3. The molecule has 0 aliphatic rings. The van der Waals surface area contributed by atoms with Gasteiger partial charge < -0.3 is 10.1 Å². The molecule has 2 aromatic rings. The lowest BCUT2D eigenvalue weighted by Gasteiger charge is -2.25. The molecule has 0 aliphatic heterocycles. The largest absolute Gasteiger partial charge is 0.481 e. The molecule has 1 unspecified atom stereocenters. The molecule has 0 radical (unpaired) electrons. The molecule has 0 bridgehead atoms. The minimum atomic E-state index is -0.0281. The van der Waals surface area contributed by atoms with Gasteiger partial charge in [-0.2, -0.15) is 5.10 Å². The summed E-state index contributed by atoms with van der Waals surface area (Å²) in [6.07, 6.45) is 3.60. The SMILES string of the molecule is Cn1cc(OC(CNC(C)(C)C)c2ccccc2)cn1. The summed E-state index contributed by atoms with van der Waals surface area (Å²) in [5.74, 6) is 0.789. The normalized spacial score (nSPS) is 13.2. The molecule has 1 aromatic carbocycles. The Balaban J connectivity index is 2.11. The Labute approximate surface area is 120 Å². The van der Waals surface area contributed by atoms with E-state index in [9.17, 15) is 0 Å². The van der Waals surface area contributed by atoms with Gasteiger partial charge in [-0.3, -0.25) is 4.68 Å². The third-order valence-corrected chi connectivity index (χ3v) is 2.95. The molecule has 108 valence electrons. The molecule has 1 heterocycles. The summed E-state index contributed by atoms with van der Waals surface area (Å²) in [6.45, 7) is 7.21. The van der Waals surface area contributed by atoms with Gasteiger partial charge in [0.1, 0.15) is 6.10 Å². The highest BCUT2D eigenvalue weighted by atomic mass is 16.5. The average molecular weight is 273 g/mol. The number of aromatic nitrogens is 2. The number of benzene rings is 1. The van der Waals surface area contributed by atoms with Gasteiger partial charge in [-0.1, -0.05) is 30.3 Å². The van der Waals surface area contributed by atoms with E-state index in [1.807, 2.05) is 31.4 Å². The second-order valence-electron chi connectivity index (χ2n) is 6.00. The van der Waals surface area contributed by atoms with Gasteiger partial charge in [0.15, 0.2) is 5.75 Å². The van der Waals surface area contributed by atoms with Gasteiger partial charge in [0, 0.05) is 19.1 Å². The molecule has 0 amide bonds. The molecular formula is C16H23N3O. The van der Waals surface area contributed by atoms with Crippen molar-refractivity contribution in [2.45, 2.75) is 32.4 Å². The Bertz CT molecular complexity index is 528. The zero-order valence-corrected chi connectivity index (χ0v) is 12.6. The Hall–Kier alpha value is -1.81. The Kier molecular flexibility index (Phi) is 4.45. The maximum atomic E-state index is 6.07. The van der Waals surface area contributed by atoms with Crippen LogP contribution in [0.1, 0.15) is 32.4 Å². The summed E-state index contributed by atoms with van der Waals surface area (Å²) in [5.41, 5.74) is 1.22. The number of rotatable bonds is 5. The Morgan fingerprint density at radius 1 is 1.25 bits per heavy atom. The summed E-state index contributed by atoms with van der Waals surface area (Å²) in [4.78, 5) is 0. The van der Waals surface area contributed by atoms with Crippen LogP contribution in [0.25, 0.3) is 0 Å². The summed E-state index contributed by atoms with van der Waals surface area (Å²) in [5, 5.41) is 7.64. The molecule has 0 spiro atoms. The van der Waals surface area contributed by atoms with Crippen molar-refractivity contribution in [3.63, 3.8) is 0 Å². The molecular weight excluding hydrogens is 250 g/mol. The molecule has 1 aromatic heterocycles. The van der Waals surface area contributed by atoms with Crippen LogP contribution in [-0.2, 0) is 7.05 Å². The molecule has 20 heavy (non-hydrogen) atoms. The fourth-order valence-corrected chi connectivity index (χ4v) is 1.92. The second-order valence-corrected chi connectivity index (χ2v) is 6.00. The highest BCUT2D eigenvalue weighted by Crippen LogP contribution is 2.21. The number of hydrogen-bond acceptors (Lipinski definition) is 3. The molecule has 1 N–H and O–H groups in total. The van der Waals surface area contributed by atoms with E-state index in [4.69, 9.17) is 4.74 Å². The first-order valence-corrected chi connectivity index (χ1v) is 6.89. The molecule has 4 nitrogen and oxygen atoms in total. The van der Waals surface area contributed by atoms with Crippen LogP contribution in [0.2, 0.25) is 0 Å². The van der Waals surface area contributed by atoms with E-state index in [-0.39, 0.29) is 11.6 Å². The molecule has 1 atom stereocenters. The lowest BCUT2D eigenvalue weighted by Crippen LogP contribution is -2.39. The van der Waals surface area contributed by atoms with E-state index < -0.39 is 0 Å². The van der Waals surface area contributed by atoms with Gasteiger partial charge in [0.05, 0.1) is 12.4 Å². The number of hydrogen-bond donors (Lipinski definition) is 1. The predicted octanol–water partition coefficient (Wildman–Crippen LogP) is 2.93. The van der Waals surface area contributed by atoms with Gasteiger partial charge >= 0.3 is 0 Å². The highest BCUT2D eigenvalue weighted by molar-refractivity contribution is 5.21. The quantitative estimate of drug-likeness (QED) is 0.910. The maximum absolute atomic E-state index is 6.07. The van der Waals surface area contributed by atoms with Gasteiger partial charge in [-0.15, -0.1) is 0 Å². The monoisotopic (exact) mass is 273 g/mol. The summed E-state index contributed by atoms with van der Waals surface area (Å²) < 4.78 is 7.82. The van der Waals surface area contributed by atoms with E-state index in [1.54, 1.807) is 10.9 Å². The summed E-state index contributed by atoms with van der Waals surface area (Å²) in [7, 11) is 1.89. The number of nitrogens with one attached hydrogen (secondary N) is 1. The van der Waals surface area contributed by atoms with E-state index in [0.717, 1.165) is 17.9 Å². The average Bonchev–Trinajstić information content (AvgIpc) is 2.80. The van der Waals surface area contributed by atoms with Crippen LogP contribution in [0, 0.1) is 0 Å². The van der Waals surface area contributed by atoms with Crippen molar-refractivity contribution >= 4 is 0 Å².